The summed E-state index contributed by atoms with van der Waals surface area (Å²) in [4.78, 5) is 0. The number of rotatable bonds is 1. The highest BCUT2D eigenvalue weighted by molar-refractivity contribution is 5.85. The molecule has 1 saturated carbocycles. The molecule has 1 N–H and O–H groups in total. The Balaban J connectivity index is 0.000001000. The maximum absolute atomic E-state index is 12.6. The van der Waals surface area contributed by atoms with Gasteiger partial charge in [-0.3, -0.25) is 0 Å². The third-order valence-corrected chi connectivity index (χ3v) is 2.05. The third kappa shape index (κ3) is 3.34. The second-order valence-electron chi connectivity index (χ2n) is 2.94. The van der Waals surface area contributed by atoms with Crippen LogP contribution in [0.25, 0.3) is 0 Å². The summed E-state index contributed by atoms with van der Waals surface area (Å²) in [6.07, 6.45) is 1.64. The summed E-state index contributed by atoms with van der Waals surface area (Å²) in [6.45, 7) is 0. The average Bonchev–Trinajstić information content (AvgIpc) is 1.86. The van der Waals surface area contributed by atoms with E-state index in [4.69, 9.17) is 0 Å². The van der Waals surface area contributed by atoms with E-state index >= 15 is 0 Å². The molecule has 11 heavy (non-hydrogen) atoms. The molecule has 0 aromatic rings. The maximum atomic E-state index is 12.6. The predicted molar refractivity (Wildman–Crippen MR) is 43.5 cm³/mol. The highest BCUT2D eigenvalue weighted by Crippen LogP contribution is 2.32. The lowest BCUT2D eigenvalue weighted by Crippen LogP contribution is -2.37. The number of alkyl halides is 2. The molecule has 1 aliphatic carbocycles. The maximum Gasteiger partial charge on any atom is 0.249 e. The molecule has 4 heteroatoms. The van der Waals surface area contributed by atoms with Crippen molar-refractivity contribution in [3.63, 3.8) is 0 Å². The smallest absolute Gasteiger partial charge is 0.249 e. The topological polar surface area (TPSA) is 12.0 Å². The van der Waals surface area contributed by atoms with Crippen molar-refractivity contribution in [1.82, 2.24) is 5.32 Å². The fourth-order valence-electron chi connectivity index (χ4n) is 1.42. The number of hydrogen-bond donors (Lipinski definition) is 1. The zero-order valence-corrected chi connectivity index (χ0v) is 7.39. The van der Waals surface area contributed by atoms with Gasteiger partial charge in [0.2, 0.25) is 5.92 Å². The van der Waals surface area contributed by atoms with Crippen LogP contribution in [0.4, 0.5) is 8.78 Å². The van der Waals surface area contributed by atoms with Crippen molar-refractivity contribution in [2.75, 3.05) is 7.05 Å². The van der Waals surface area contributed by atoms with E-state index in [9.17, 15) is 8.78 Å². The highest BCUT2D eigenvalue weighted by Gasteiger charge is 2.35. The molecule has 0 aromatic heterocycles. The van der Waals surface area contributed by atoms with Crippen molar-refractivity contribution in [3.8, 4) is 0 Å². The van der Waals surface area contributed by atoms with E-state index in [1.54, 1.807) is 7.05 Å². The molecule has 1 rings (SSSR count). The van der Waals surface area contributed by atoms with Gasteiger partial charge in [-0.25, -0.2) is 8.78 Å². The van der Waals surface area contributed by atoms with Crippen molar-refractivity contribution in [3.05, 3.63) is 0 Å². The minimum Gasteiger partial charge on any atom is -0.317 e. The van der Waals surface area contributed by atoms with Crippen LogP contribution in [0, 0.1) is 0 Å². The van der Waals surface area contributed by atoms with Crippen molar-refractivity contribution < 1.29 is 8.78 Å². The Morgan fingerprint density at radius 1 is 1.45 bits per heavy atom. The van der Waals surface area contributed by atoms with Gasteiger partial charge in [-0.05, 0) is 19.9 Å². The van der Waals surface area contributed by atoms with Gasteiger partial charge in [0.25, 0.3) is 0 Å². The molecule has 1 fully saturated rings. The third-order valence-electron chi connectivity index (χ3n) is 2.05. The van der Waals surface area contributed by atoms with Gasteiger partial charge in [-0.15, -0.1) is 12.4 Å². The van der Waals surface area contributed by atoms with E-state index in [0.717, 1.165) is 6.42 Å². The molecular weight excluding hydrogens is 172 g/mol. The van der Waals surface area contributed by atoms with Gasteiger partial charge in [-0.1, -0.05) is 0 Å². The van der Waals surface area contributed by atoms with Gasteiger partial charge in [0.05, 0.1) is 0 Å². The molecule has 0 amide bonds. The van der Waals surface area contributed by atoms with Gasteiger partial charge in [0.1, 0.15) is 0 Å². The summed E-state index contributed by atoms with van der Waals surface area (Å²) in [5.41, 5.74) is 0. The van der Waals surface area contributed by atoms with Gasteiger partial charge in [0, 0.05) is 18.9 Å². The van der Waals surface area contributed by atoms with Crippen LogP contribution in [-0.4, -0.2) is 19.0 Å². The van der Waals surface area contributed by atoms with E-state index in [1.165, 1.54) is 0 Å². The lowest BCUT2D eigenvalue weighted by molar-refractivity contribution is -0.0432. The van der Waals surface area contributed by atoms with E-state index in [-0.39, 0.29) is 31.3 Å². The van der Waals surface area contributed by atoms with E-state index < -0.39 is 5.92 Å². The Kier molecular flexibility index (Phi) is 4.26. The molecule has 0 radical (unpaired) electrons. The van der Waals surface area contributed by atoms with Gasteiger partial charge >= 0.3 is 0 Å². The molecule has 1 unspecified atom stereocenters. The SMILES string of the molecule is CNC1CCCC(F)(F)C1.Cl. The molecule has 0 aromatic carbocycles. The molecule has 0 heterocycles. The Hall–Kier alpha value is 0.110. The zero-order chi connectivity index (χ0) is 7.61. The molecule has 1 atom stereocenters. The average molecular weight is 186 g/mol. The minimum atomic E-state index is -2.41. The van der Waals surface area contributed by atoms with Crippen molar-refractivity contribution >= 4 is 12.4 Å². The second kappa shape index (κ2) is 4.21. The van der Waals surface area contributed by atoms with Crippen LogP contribution in [-0.2, 0) is 0 Å². The first kappa shape index (κ1) is 11.1. The molecular formula is C7H14ClF2N. The summed E-state index contributed by atoms with van der Waals surface area (Å²) < 4.78 is 25.2. The van der Waals surface area contributed by atoms with Crippen LogP contribution in [0.2, 0.25) is 0 Å². The Labute approximate surface area is 72.0 Å². The van der Waals surface area contributed by atoms with Crippen LogP contribution in [0.15, 0.2) is 0 Å². The Bertz CT molecular complexity index is 119. The molecule has 1 nitrogen and oxygen atoms in total. The molecule has 0 aliphatic heterocycles. The normalized spacial score (nSPS) is 29.2. The molecule has 0 spiro atoms. The second-order valence-corrected chi connectivity index (χ2v) is 2.94. The summed E-state index contributed by atoms with van der Waals surface area (Å²) in [7, 11) is 1.74. The summed E-state index contributed by atoms with van der Waals surface area (Å²) in [5.74, 6) is -2.41. The molecule has 1 aliphatic rings. The van der Waals surface area contributed by atoms with Gasteiger partial charge in [0.15, 0.2) is 0 Å². The van der Waals surface area contributed by atoms with Crippen LogP contribution in [0.1, 0.15) is 25.7 Å². The zero-order valence-electron chi connectivity index (χ0n) is 6.57. The monoisotopic (exact) mass is 185 g/mol. The minimum absolute atomic E-state index is 0. The molecule has 68 valence electrons. The van der Waals surface area contributed by atoms with Crippen LogP contribution < -0.4 is 5.32 Å². The first-order chi connectivity index (χ1) is 4.64. The van der Waals surface area contributed by atoms with Gasteiger partial charge in [-0.2, -0.15) is 0 Å². The van der Waals surface area contributed by atoms with Crippen molar-refractivity contribution in [1.29, 1.82) is 0 Å². The molecule has 0 saturated heterocycles. The van der Waals surface area contributed by atoms with E-state index in [2.05, 4.69) is 5.32 Å². The van der Waals surface area contributed by atoms with Crippen LogP contribution in [0.5, 0.6) is 0 Å². The van der Waals surface area contributed by atoms with Gasteiger partial charge < -0.3 is 5.32 Å². The standard InChI is InChI=1S/C7H13F2N.ClH/c1-10-6-3-2-4-7(8,9)5-6;/h6,10H,2-5H2,1H3;1H. The largest absolute Gasteiger partial charge is 0.317 e. The Morgan fingerprint density at radius 3 is 2.45 bits per heavy atom. The quantitative estimate of drug-likeness (QED) is 0.661. The lowest BCUT2D eigenvalue weighted by Gasteiger charge is -2.28. The fourth-order valence-corrected chi connectivity index (χ4v) is 1.42. The predicted octanol–water partition coefficient (Wildman–Crippen LogP) is 2.21. The van der Waals surface area contributed by atoms with Crippen LogP contribution in [0.3, 0.4) is 0 Å². The molecule has 0 bridgehead atoms. The lowest BCUT2D eigenvalue weighted by atomic mass is 9.92. The summed E-state index contributed by atoms with van der Waals surface area (Å²) >= 11 is 0. The number of hydrogen-bond acceptors (Lipinski definition) is 1. The first-order valence-corrected chi connectivity index (χ1v) is 3.69. The van der Waals surface area contributed by atoms with E-state index in [1.807, 2.05) is 0 Å². The highest BCUT2D eigenvalue weighted by atomic mass is 35.5. The number of halogens is 3. The van der Waals surface area contributed by atoms with Crippen LogP contribution >= 0.6 is 12.4 Å². The summed E-state index contributed by atoms with van der Waals surface area (Å²) in [5, 5.41) is 2.88. The Morgan fingerprint density at radius 2 is 2.09 bits per heavy atom. The van der Waals surface area contributed by atoms with Crippen molar-refractivity contribution in [2.24, 2.45) is 0 Å². The number of nitrogens with one attached hydrogen (secondary N) is 1. The first-order valence-electron chi connectivity index (χ1n) is 3.69. The fraction of sp³-hybridized carbons (Fsp3) is 1.00. The van der Waals surface area contributed by atoms with E-state index in [0.29, 0.717) is 6.42 Å². The summed E-state index contributed by atoms with van der Waals surface area (Å²) in [6, 6.07) is 0.0312. The van der Waals surface area contributed by atoms with Crippen molar-refractivity contribution in [2.45, 2.75) is 37.6 Å².